The molecule has 0 bridgehead atoms. The predicted molar refractivity (Wildman–Crippen MR) is 69.8 cm³/mol. The average molecular weight is 285 g/mol. The molecule has 1 aliphatic heterocycles. The Bertz CT molecular complexity index is 462. The molecule has 1 aromatic rings. The Morgan fingerprint density at radius 2 is 2.50 bits per heavy atom. The number of ether oxygens (including phenoxy) is 2. The molecule has 2 unspecified atom stereocenters. The molecule has 0 radical (unpaired) electrons. The summed E-state index contributed by atoms with van der Waals surface area (Å²) in [6, 6.07) is 0.0904. The van der Waals surface area contributed by atoms with Gasteiger partial charge in [0, 0.05) is 19.6 Å². The molecule has 2 rings (SSSR count). The third-order valence-corrected chi connectivity index (χ3v) is 3.25. The van der Waals surface area contributed by atoms with E-state index in [2.05, 4.69) is 5.10 Å². The molecule has 2 atom stereocenters. The maximum atomic E-state index is 11.0. The van der Waals surface area contributed by atoms with Gasteiger partial charge in [0.2, 0.25) is 0 Å². The van der Waals surface area contributed by atoms with Crippen LogP contribution in [-0.2, 0) is 4.74 Å². The summed E-state index contributed by atoms with van der Waals surface area (Å²) in [4.78, 5) is 10.5. The molecule has 1 saturated heterocycles. The van der Waals surface area contributed by atoms with Crippen molar-refractivity contribution in [2.45, 2.75) is 38.3 Å². The number of nitrogens with zero attached hydrogens (tertiary/aromatic N) is 3. The fraction of sp³-hybridized carbons (Fsp3) is 0.750. The lowest BCUT2D eigenvalue weighted by atomic mass is 10.1. The second-order valence-electron chi connectivity index (χ2n) is 4.84. The van der Waals surface area contributed by atoms with E-state index in [1.165, 1.54) is 6.20 Å². The van der Waals surface area contributed by atoms with Crippen LogP contribution in [0.25, 0.3) is 0 Å². The van der Waals surface area contributed by atoms with Gasteiger partial charge in [-0.25, -0.2) is 0 Å². The summed E-state index contributed by atoms with van der Waals surface area (Å²) in [5.41, 5.74) is -0.137. The molecule has 1 fully saturated rings. The maximum Gasteiger partial charge on any atom is 0.350 e. The minimum Gasteiger partial charge on any atom is -0.472 e. The van der Waals surface area contributed by atoms with Crippen LogP contribution in [0.3, 0.4) is 0 Å². The van der Waals surface area contributed by atoms with E-state index < -0.39 is 4.92 Å². The Labute approximate surface area is 116 Å². The van der Waals surface area contributed by atoms with Crippen molar-refractivity contribution >= 4 is 5.69 Å². The lowest BCUT2D eigenvalue weighted by Gasteiger charge is -2.27. The molecule has 112 valence electrons. The van der Waals surface area contributed by atoms with Crippen LogP contribution >= 0.6 is 0 Å². The Hall–Kier alpha value is -1.67. The van der Waals surface area contributed by atoms with Gasteiger partial charge in [-0.2, -0.15) is 0 Å². The normalized spacial score (nSPS) is 22.7. The molecule has 1 aromatic heterocycles. The Morgan fingerprint density at radius 3 is 3.15 bits per heavy atom. The topological polar surface area (TPSA) is 99.7 Å². The number of rotatable bonds is 6. The molecule has 0 saturated carbocycles. The third kappa shape index (κ3) is 3.45. The monoisotopic (exact) mass is 285 g/mol. The van der Waals surface area contributed by atoms with Crippen LogP contribution in [-0.4, -0.2) is 45.7 Å². The second-order valence-corrected chi connectivity index (χ2v) is 4.84. The zero-order valence-corrected chi connectivity index (χ0v) is 11.4. The van der Waals surface area contributed by atoms with E-state index in [-0.39, 0.29) is 36.9 Å². The van der Waals surface area contributed by atoms with Crippen LogP contribution < -0.4 is 4.74 Å². The lowest BCUT2D eigenvalue weighted by molar-refractivity contribution is -0.386. The van der Waals surface area contributed by atoms with E-state index in [1.807, 2.05) is 6.92 Å². The van der Waals surface area contributed by atoms with Gasteiger partial charge in [0.15, 0.2) is 0 Å². The molecule has 0 aliphatic carbocycles. The number of aliphatic hydroxyl groups is 1. The van der Waals surface area contributed by atoms with Gasteiger partial charge in [0.25, 0.3) is 0 Å². The smallest absolute Gasteiger partial charge is 0.350 e. The zero-order chi connectivity index (χ0) is 14.5. The number of aliphatic hydroxyl groups excluding tert-OH is 1. The highest BCUT2D eigenvalue weighted by Gasteiger charge is 2.27. The summed E-state index contributed by atoms with van der Waals surface area (Å²) in [5, 5.41) is 23.9. The molecule has 1 N–H and O–H groups in total. The van der Waals surface area contributed by atoms with Gasteiger partial charge >= 0.3 is 11.6 Å². The van der Waals surface area contributed by atoms with Gasteiger partial charge in [0.05, 0.1) is 23.7 Å². The van der Waals surface area contributed by atoms with E-state index >= 15 is 0 Å². The van der Waals surface area contributed by atoms with Gasteiger partial charge in [-0.3, -0.25) is 14.8 Å². The quantitative estimate of drug-likeness (QED) is 0.480. The summed E-state index contributed by atoms with van der Waals surface area (Å²) >= 11 is 0. The Balaban J connectivity index is 2.13. The predicted octanol–water partition coefficient (Wildman–Crippen LogP) is 1.29. The molecular weight excluding hydrogens is 266 g/mol. The Kier molecular flexibility index (Phi) is 4.91. The van der Waals surface area contributed by atoms with Crippen molar-refractivity contribution in [3.8, 4) is 5.88 Å². The van der Waals surface area contributed by atoms with Crippen molar-refractivity contribution in [3.63, 3.8) is 0 Å². The summed E-state index contributed by atoms with van der Waals surface area (Å²) in [5.74, 6) is 0.0163. The number of nitro groups is 1. The lowest BCUT2D eigenvalue weighted by Crippen LogP contribution is -2.25. The minimum absolute atomic E-state index is 0.0163. The van der Waals surface area contributed by atoms with Crippen LogP contribution in [0.4, 0.5) is 5.69 Å². The summed E-state index contributed by atoms with van der Waals surface area (Å²) in [6.45, 7) is 2.79. The first kappa shape index (κ1) is 14.7. The second kappa shape index (κ2) is 6.67. The highest BCUT2D eigenvalue weighted by atomic mass is 16.6. The first-order valence-electron chi connectivity index (χ1n) is 6.70. The standard InChI is InChI=1S/C12H19N3O5/c1-9-7-10(3-6-19-9)14-8-11(15(17)18)12(13-14)20-5-2-4-16/h8-10,16H,2-7H2,1H3. The first-order valence-corrected chi connectivity index (χ1v) is 6.70. The van der Waals surface area contributed by atoms with E-state index in [4.69, 9.17) is 14.6 Å². The van der Waals surface area contributed by atoms with E-state index in [0.29, 0.717) is 13.0 Å². The van der Waals surface area contributed by atoms with Crippen LogP contribution in [0, 0.1) is 10.1 Å². The van der Waals surface area contributed by atoms with Crippen LogP contribution in [0.5, 0.6) is 5.88 Å². The maximum absolute atomic E-state index is 11.0. The molecule has 2 heterocycles. The van der Waals surface area contributed by atoms with Gasteiger partial charge in [-0.05, 0) is 19.8 Å². The van der Waals surface area contributed by atoms with Crippen molar-refractivity contribution in [1.82, 2.24) is 9.78 Å². The molecule has 0 aromatic carbocycles. The molecular formula is C12H19N3O5. The van der Waals surface area contributed by atoms with E-state index in [1.54, 1.807) is 4.68 Å². The molecule has 8 heteroatoms. The largest absolute Gasteiger partial charge is 0.472 e. The highest BCUT2D eigenvalue weighted by molar-refractivity contribution is 5.38. The van der Waals surface area contributed by atoms with Crippen molar-refractivity contribution in [3.05, 3.63) is 16.3 Å². The minimum atomic E-state index is -0.499. The molecule has 0 amide bonds. The number of hydrogen-bond donors (Lipinski definition) is 1. The zero-order valence-electron chi connectivity index (χ0n) is 11.4. The third-order valence-electron chi connectivity index (χ3n) is 3.25. The molecule has 0 spiro atoms. The van der Waals surface area contributed by atoms with Crippen molar-refractivity contribution < 1.29 is 19.5 Å². The van der Waals surface area contributed by atoms with Gasteiger partial charge in [0.1, 0.15) is 6.20 Å². The van der Waals surface area contributed by atoms with Crippen LogP contribution in [0.1, 0.15) is 32.2 Å². The fourth-order valence-corrected chi connectivity index (χ4v) is 2.23. The Morgan fingerprint density at radius 1 is 1.70 bits per heavy atom. The van der Waals surface area contributed by atoms with Crippen LogP contribution in [0.2, 0.25) is 0 Å². The molecule has 8 nitrogen and oxygen atoms in total. The van der Waals surface area contributed by atoms with Crippen molar-refractivity contribution in [2.24, 2.45) is 0 Å². The molecule has 20 heavy (non-hydrogen) atoms. The average Bonchev–Trinajstić information content (AvgIpc) is 2.83. The molecule has 1 aliphatic rings. The van der Waals surface area contributed by atoms with Crippen LogP contribution in [0.15, 0.2) is 6.20 Å². The summed E-state index contributed by atoms with van der Waals surface area (Å²) in [7, 11) is 0. The van der Waals surface area contributed by atoms with Crippen molar-refractivity contribution in [2.75, 3.05) is 19.8 Å². The van der Waals surface area contributed by atoms with Gasteiger partial charge in [-0.1, -0.05) is 0 Å². The first-order chi connectivity index (χ1) is 9.61. The van der Waals surface area contributed by atoms with E-state index in [0.717, 1.165) is 12.8 Å². The van der Waals surface area contributed by atoms with Gasteiger partial charge < -0.3 is 14.6 Å². The SMILES string of the molecule is CC1CC(n2cc([N+](=O)[O-])c(OCCCO)n2)CCO1. The number of hydrogen-bond acceptors (Lipinski definition) is 6. The van der Waals surface area contributed by atoms with Gasteiger partial charge in [-0.15, -0.1) is 5.10 Å². The number of aromatic nitrogens is 2. The highest BCUT2D eigenvalue weighted by Crippen LogP contribution is 2.31. The van der Waals surface area contributed by atoms with E-state index in [9.17, 15) is 10.1 Å². The summed E-state index contributed by atoms with van der Waals surface area (Å²) in [6.07, 6.45) is 3.50. The fourth-order valence-electron chi connectivity index (χ4n) is 2.23. The summed E-state index contributed by atoms with van der Waals surface area (Å²) < 4.78 is 12.3. The van der Waals surface area contributed by atoms with Crippen molar-refractivity contribution in [1.29, 1.82) is 0 Å².